The van der Waals surface area contributed by atoms with Crippen LogP contribution in [0.2, 0.25) is 5.02 Å². The summed E-state index contributed by atoms with van der Waals surface area (Å²) >= 11 is 7.70. The van der Waals surface area contributed by atoms with Gasteiger partial charge >= 0.3 is 5.97 Å². The third-order valence-electron chi connectivity index (χ3n) is 6.17. The highest BCUT2D eigenvalue weighted by Gasteiger charge is 2.23. The van der Waals surface area contributed by atoms with E-state index in [0.717, 1.165) is 38.8 Å². The summed E-state index contributed by atoms with van der Waals surface area (Å²) in [6, 6.07) is 13.9. The lowest BCUT2D eigenvalue weighted by Gasteiger charge is -2.18. The fraction of sp³-hybridized carbons (Fsp3) is 0.241. The first-order chi connectivity index (χ1) is 18.2. The Morgan fingerprint density at radius 2 is 1.87 bits per heavy atom. The Labute approximate surface area is 230 Å². The Balaban J connectivity index is 1.41. The molecular formula is C29H29ClN4O3S. The Morgan fingerprint density at radius 3 is 2.55 bits per heavy atom. The molecule has 1 unspecified atom stereocenters. The normalized spacial score (nSPS) is 11.7. The van der Waals surface area contributed by atoms with Gasteiger partial charge in [-0.3, -0.25) is 4.79 Å². The molecule has 0 saturated carbocycles. The van der Waals surface area contributed by atoms with Crippen LogP contribution >= 0.6 is 22.9 Å². The molecule has 2 heterocycles. The van der Waals surface area contributed by atoms with Gasteiger partial charge in [-0.1, -0.05) is 42.8 Å². The molecule has 0 fully saturated rings. The highest BCUT2D eigenvalue weighted by molar-refractivity contribution is 7.10. The quantitative estimate of drug-likeness (QED) is 0.222. The zero-order chi connectivity index (χ0) is 27.2. The molecule has 0 aliphatic rings. The number of aryl methyl sites for hydroxylation is 3. The van der Waals surface area contributed by atoms with Crippen molar-refractivity contribution in [3.8, 4) is 11.3 Å². The summed E-state index contributed by atoms with van der Waals surface area (Å²) in [5.74, 6) is -0.695. The summed E-state index contributed by atoms with van der Waals surface area (Å²) in [4.78, 5) is 34.0. The van der Waals surface area contributed by atoms with Gasteiger partial charge in [0.25, 0.3) is 5.91 Å². The number of nitrogens with zero attached hydrogens (tertiary/aromatic N) is 2. The number of anilines is 1. The summed E-state index contributed by atoms with van der Waals surface area (Å²) in [6.07, 6.45) is 2.54. The minimum absolute atomic E-state index is 0.158. The first-order valence-electron chi connectivity index (χ1n) is 12.3. The van der Waals surface area contributed by atoms with E-state index >= 15 is 0 Å². The minimum atomic E-state index is -1.09. The average Bonchev–Trinajstić information content (AvgIpc) is 3.36. The number of carboxylic acid groups (broad SMARTS) is 1. The number of benzene rings is 2. The number of halogens is 1. The number of thiazole rings is 1. The molecule has 38 heavy (non-hydrogen) atoms. The van der Waals surface area contributed by atoms with E-state index in [9.17, 15) is 14.7 Å². The van der Waals surface area contributed by atoms with Crippen LogP contribution in [0.15, 0.2) is 60.1 Å². The molecular weight excluding hydrogens is 520 g/mol. The van der Waals surface area contributed by atoms with Crippen molar-refractivity contribution in [1.29, 1.82) is 0 Å². The Morgan fingerprint density at radius 1 is 1.11 bits per heavy atom. The fourth-order valence-electron chi connectivity index (χ4n) is 4.22. The molecule has 0 aliphatic heterocycles. The molecule has 2 aromatic heterocycles. The van der Waals surface area contributed by atoms with E-state index in [4.69, 9.17) is 16.6 Å². The van der Waals surface area contributed by atoms with Crippen LogP contribution in [0.3, 0.4) is 0 Å². The second kappa shape index (κ2) is 12.2. The molecule has 4 rings (SSSR count). The second-order valence-corrected chi connectivity index (χ2v) is 10.5. The lowest BCUT2D eigenvalue weighted by atomic mass is 9.98. The van der Waals surface area contributed by atoms with Crippen molar-refractivity contribution in [3.63, 3.8) is 0 Å². The van der Waals surface area contributed by atoms with Gasteiger partial charge in [-0.2, -0.15) is 0 Å². The van der Waals surface area contributed by atoms with Gasteiger partial charge in [0.15, 0.2) is 0 Å². The molecule has 1 atom stereocenters. The SMILES string of the molecule is CCc1cc(Cl)cc(C)c1C(=O)NC(Cc1ccc(-c2csc(CNc3cc(C)ccn3)n2)cc1)C(=O)O. The third-order valence-corrected chi connectivity index (χ3v) is 7.24. The van der Waals surface area contributed by atoms with Crippen LogP contribution < -0.4 is 10.6 Å². The highest BCUT2D eigenvalue weighted by Crippen LogP contribution is 2.24. The van der Waals surface area contributed by atoms with Crippen LogP contribution in [0, 0.1) is 13.8 Å². The van der Waals surface area contributed by atoms with Crippen LogP contribution in [-0.2, 0) is 24.2 Å². The smallest absolute Gasteiger partial charge is 0.326 e. The fourth-order valence-corrected chi connectivity index (χ4v) is 5.26. The number of aromatic nitrogens is 2. The Hall–Kier alpha value is -3.75. The molecule has 0 aliphatic carbocycles. The highest BCUT2D eigenvalue weighted by atomic mass is 35.5. The number of carboxylic acids is 1. The number of carbonyl (C=O) groups excluding carboxylic acids is 1. The van der Waals surface area contributed by atoms with E-state index < -0.39 is 17.9 Å². The van der Waals surface area contributed by atoms with Gasteiger partial charge in [0.2, 0.25) is 0 Å². The largest absolute Gasteiger partial charge is 0.480 e. The molecule has 196 valence electrons. The zero-order valence-corrected chi connectivity index (χ0v) is 23.0. The van der Waals surface area contributed by atoms with Crippen molar-refractivity contribution in [3.05, 3.63) is 98.0 Å². The number of pyridine rings is 1. The van der Waals surface area contributed by atoms with Crippen molar-refractivity contribution < 1.29 is 14.7 Å². The maximum Gasteiger partial charge on any atom is 0.326 e. The number of hydrogen-bond acceptors (Lipinski definition) is 6. The summed E-state index contributed by atoms with van der Waals surface area (Å²) in [7, 11) is 0. The number of rotatable bonds is 10. The molecule has 0 saturated heterocycles. The van der Waals surface area contributed by atoms with Crippen LogP contribution in [0.5, 0.6) is 0 Å². The van der Waals surface area contributed by atoms with Gasteiger partial charge in [0.1, 0.15) is 16.9 Å². The summed E-state index contributed by atoms with van der Waals surface area (Å²) < 4.78 is 0. The lowest BCUT2D eigenvalue weighted by Crippen LogP contribution is -2.42. The molecule has 0 bridgehead atoms. The monoisotopic (exact) mass is 548 g/mol. The van der Waals surface area contributed by atoms with Crippen molar-refractivity contribution >= 4 is 40.6 Å². The average molecular weight is 549 g/mol. The van der Waals surface area contributed by atoms with Gasteiger partial charge < -0.3 is 15.7 Å². The van der Waals surface area contributed by atoms with Crippen LogP contribution in [0.25, 0.3) is 11.3 Å². The molecule has 0 radical (unpaired) electrons. The maximum atomic E-state index is 13.0. The van der Waals surface area contributed by atoms with Gasteiger partial charge in [-0.15, -0.1) is 11.3 Å². The van der Waals surface area contributed by atoms with Crippen molar-refractivity contribution in [2.24, 2.45) is 0 Å². The van der Waals surface area contributed by atoms with Crippen LogP contribution in [0.1, 0.15) is 44.5 Å². The van der Waals surface area contributed by atoms with Crippen LogP contribution in [-0.4, -0.2) is 33.0 Å². The lowest BCUT2D eigenvalue weighted by molar-refractivity contribution is -0.139. The molecule has 3 N–H and O–H groups in total. The van der Waals surface area contributed by atoms with E-state index in [-0.39, 0.29) is 6.42 Å². The van der Waals surface area contributed by atoms with E-state index in [1.54, 1.807) is 36.6 Å². The molecule has 4 aromatic rings. The Bertz CT molecular complexity index is 1450. The zero-order valence-electron chi connectivity index (χ0n) is 21.4. The topological polar surface area (TPSA) is 104 Å². The summed E-state index contributed by atoms with van der Waals surface area (Å²) in [5.41, 5.74) is 5.70. The first-order valence-corrected chi connectivity index (χ1v) is 13.5. The molecule has 9 heteroatoms. The minimum Gasteiger partial charge on any atom is -0.480 e. The number of hydrogen-bond donors (Lipinski definition) is 3. The van der Waals surface area contributed by atoms with Gasteiger partial charge in [-0.25, -0.2) is 14.8 Å². The summed E-state index contributed by atoms with van der Waals surface area (Å²) in [5, 5.41) is 19.3. The van der Waals surface area contributed by atoms with Gasteiger partial charge in [-0.05, 0) is 66.8 Å². The number of nitrogens with one attached hydrogen (secondary N) is 2. The molecule has 7 nitrogen and oxygen atoms in total. The van der Waals surface area contributed by atoms with Crippen molar-refractivity contribution in [2.45, 2.75) is 46.2 Å². The van der Waals surface area contributed by atoms with E-state index in [0.29, 0.717) is 29.1 Å². The maximum absolute atomic E-state index is 13.0. The number of amides is 1. The van der Waals surface area contributed by atoms with Crippen molar-refractivity contribution in [2.75, 3.05) is 5.32 Å². The van der Waals surface area contributed by atoms with Gasteiger partial charge in [0, 0.05) is 34.1 Å². The predicted molar refractivity (Wildman–Crippen MR) is 152 cm³/mol. The van der Waals surface area contributed by atoms with E-state index in [1.807, 2.05) is 55.6 Å². The first kappa shape index (κ1) is 27.3. The van der Waals surface area contributed by atoms with E-state index in [1.165, 1.54) is 0 Å². The second-order valence-electron chi connectivity index (χ2n) is 9.07. The molecule has 2 aromatic carbocycles. The Kier molecular flexibility index (Phi) is 8.76. The third kappa shape index (κ3) is 6.76. The molecule has 1 amide bonds. The van der Waals surface area contributed by atoms with Crippen LogP contribution in [0.4, 0.5) is 5.82 Å². The predicted octanol–water partition coefficient (Wildman–Crippen LogP) is 6.08. The number of aliphatic carboxylic acids is 1. The summed E-state index contributed by atoms with van der Waals surface area (Å²) in [6.45, 7) is 6.33. The number of carbonyl (C=O) groups is 2. The van der Waals surface area contributed by atoms with Gasteiger partial charge in [0.05, 0.1) is 12.2 Å². The van der Waals surface area contributed by atoms with E-state index in [2.05, 4.69) is 15.6 Å². The molecule has 0 spiro atoms. The van der Waals surface area contributed by atoms with Crippen molar-refractivity contribution in [1.82, 2.24) is 15.3 Å². The standard InChI is InChI=1S/C29H29ClN4O3S/c1-4-20-14-22(30)12-18(3)27(20)28(35)34-23(29(36)37)13-19-5-7-21(8-6-19)24-16-38-26(33-24)15-32-25-11-17(2)9-10-31-25/h5-12,14,16,23H,4,13,15H2,1-3H3,(H,31,32)(H,34,35)(H,36,37).